The molecule has 0 bridgehead atoms. The molecule has 2 heterocycles. The van der Waals surface area contributed by atoms with Gasteiger partial charge in [-0.3, -0.25) is 4.68 Å². The number of furan rings is 1. The van der Waals surface area contributed by atoms with Gasteiger partial charge in [-0.2, -0.15) is 5.10 Å². The minimum absolute atomic E-state index is 0.124. The average molecular weight is 348 g/mol. The number of para-hydroxylation sites is 1. The number of aromatic nitrogens is 2. The molecule has 0 fully saturated rings. The molecule has 0 saturated carbocycles. The van der Waals surface area contributed by atoms with Crippen molar-refractivity contribution >= 4 is 26.9 Å². The highest BCUT2D eigenvalue weighted by Crippen LogP contribution is 2.30. The highest BCUT2D eigenvalue weighted by molar-refractivity contribution is 9.10. The number of nitrogens with one attached hydrogen (secondary N) is 1. The monoisotopic (exact) mass is 347 g/mol. The summed E-state index contributed by atoms with van der Waals surface area (Å²) in [7, 11) is 3.93. The van der Waals surface area contributed by atoms with E-state index in [-0.39, 0.29) is 6.04 Å². The van der Waals surface area contributed by atoms with Crippen LogP contribution in [0.3, 0.4) is 0 Å². The van der Waals surface area contributed by atoms with Crippen LogP contribution >= 0.6 is 15.9 Å². The molecule has 3 aromatic rings. The number of halogens is 1. The van der Waals surface area contributed by atoms with Crippen molar-refractivity contribution in [2.45, 2.75) is 19.4 Å². The fourth-order valence-electron chi connectivity index (χ4n) is 2.63. The number of rotatable bonds is 4. The van der Waals surface area contributed by atoms with Crippen molar-refractivity contribution in [1.82, 2.24) is 15.1 Å². The predicted octanol–water partition coefficient (Wildman–Crippen LogP) is 3.74. The Morgan fingerprint density at radius 2 is 2.19 bits per heavy atom. The summed E-state index contributed by atoms with van der Waals surface area (Å²) in [5.41, 5.74) is 3.12. The first kappa shape index (κ1) is 14.4. The van der Waals surface area contributed by atoms with Crippen LogP contribution < -0.4 is 5.32 Å². The Morgan fingerprint density at radius 1 is 1.38 bits per heavy atom. The zero-order chi connectivity index (χ0) is 15.0. The van der Waals surface area contributed by atoms with Crippen molar-refractivity contribution in [1.29, 1.82) is 0 Å². The second-order valence-corrected chi connectivity index (χ2v) is 6.11. The van der Waals surface area contributed by atoms with Gasteiger partial charge < -0.3 is 9.73 Å². The molecule has 5 heteroatoms. The van der Waals surface area contributed by atoms with Gasteiger partial charge in [-0.1, -0.05) is 12.1 Å². The maximum Gasteiger partial charge on any atom is 0.148 e. The Bertz CT molecular complexity index is 775. The molecule has 1 N–H and O–H groups in total. The van der Waals surface area contributed by atoms with Crippen LogP contribution in [0.25, 0.3) is 11.0 Å². The van der Waals surface area contributed by atoms with E-state index in [2.05, 4.69) is 44.5 Å². The number of likely N-dealkylation sites (N-methyl/N-ethyl adjacent to an activating group) is 1. The molecule has 1 unspecified atom stereocenters. The summed E-state index contributed by atoms with van der Waals surface area (Å²) < 4.78 is 8.94. The standard InChI is InChI=1S/C16H18BrN3O/c1-10-7-12(20(3)19-10)9-14(18-2)15-8-11-5-4-6-13(17)16(11)21-15/h4-8,14,18H,9H2,1-3H3. The first-order valence-corrected chi connectivity index (χ1v) is 7.72. The van der Waals surface area contributed by atoms with Gasteiger partial charge in [-0.25, -0.2) is 0 Å². The number of hydrogen-bond donors (Lipinski definition) is 1. The van der Waals surface area contributed by atoms with Crippen LogP contribution in [0.5, 0.6) is 0 Å². The Labute approximate surface area is 132 Å². The zero-order valence-electron chi connectivity index (χ0n) is 12.4. The van der Waals surface area contributed by atoms with E-state index in [1.165, 1.54) is 5.69 Å². The largest absolute Gasteiger partial charge is 0.458 e. The molecule has 0 radical (unpaired) electrons. The van der Waals surface area contributed by atoms with E-state index in [1.54, 1.807) is 0 Å². The van der Waals surface area contributed by atoms with Gasteiger partial charge in [0.25, 0.3) is 0 Å². The lowest BCUT2D eigenvalue weighted by Crippen LogP contribution is -2.19. The molecule has 21 heavy (non-hydrogen) atoms. The molecule has 0 aliphatic carbocycles. The maximum atomic E-state index is 6.03. The highest BCUT2D eigenvalue weighted by atomic mass is 79.9. The Morgan fingerprint density at radius 3 is 2.81 bits per heavy atom. The summed E-state index contributed by atoms with van der Waals surface area (Å²) in [5, 5.41) is 8.85. The van der Waals surface area contributed by atoms with Gasteiger partial charge in [0, 0.05) is 24.5 Å². The Hall–Kier alpha value is -1.59. The van der Waals surface area contributed by atoms with Crippen molar-refractivity contribution < 1.29 is 4.42 Å². The molecular formula is C16H18BrN3O. The summed E-state index contributed by atoms with van der Waals surface area (Å²) in [6.45, 7) is 2.01. The first-order valence-electron chi connectivity index (χ1n) is 6.93. The second kappa shape index (κ2) is 5.66. The first-order chi connectivity index (χ1) is 10.1. The van der Waals surface area contributed by atoms with Crippen LogP contribution in [0.2, 0.25) is 0 Å². The molecule has 110 valence electrons. The summed E-state index contributed by atoms with van der Waals surface area (Å²) in [4.78, 5) is 0. The molecule has 3 rings (SSSR count). The van der Waals surface area contributed by atoms with Crippen LogP contribution in [-0.2, 0) is 13.5 Å². The molecule has 0 aliphatic rings. The van der Waals surface area contributed by atoms with E-state index in [0.29, 0.717) is 0 Å². The SMILES string of the molecule is CNC(Cc1cc(C)nn1C)c1cc2cccc(Br)c2o1. The van der Waals surface area contributed by atoms with Gasteiger partial charge in [0.2, 0.25) is 0 Å². The molecule has 0 amide bonds. The number of fused-ring (bicyclic) bond motifs is 1. The molecular weight excluding hydrogens is 330 g/mol. The van der Waals surface area contributed by atoms with Crippen LogP contribution in [0, 0.1) is 6.92 Å². The smallest absolute Gasteiger partial charge is 0.148 e. The van der Waals surface area contributed by atoms with E-state index in [4.69, 9.17) is 4.42 Å². The fraction of sp³-hybridized carbons (Fsp3) is 0.312. The van der Waals surface area contributed by atoms with Crippen LogP contribution in [0.1, 0.15) is 23.2 Å². The van der Waals surface area contributed by atoms with E-state index >= 15 is 0 Å². The summed E-state index contributed by atoms with van der Waals surface area (Å²) in [6.07, 6.45) is 0.839. The average Bonchev–Trinajstić information content (AvgIpc) is 3.00. The quantitative estimate of drug-likeness (QED) is 0.781. The van der Waals surface area contributed by atoms with Crippen LogP contribution in [0.15, 0.2) is 39.2 Å². The van der Waals surface area contributed by atoms with Crippen LogP contribution in [0.4, 0.5) is 0 Å². The molecule has 1 atom stereocenters. The maximum absolute atomic E-state index is 6.03. The number of hydrogen-bond acceptors (Lipinski definition) is 3. The lowest BCUT2D eigenvalue weighted by atomic mass is 10.1. The van der Waals surface area contributed by atoms with Crippen molar-refractivity contribution in [3.63, 3.8) is 0 Å². The van der Waals surface area contributed by atoms with Crippen molar-refractivity contribution in [3.05, 3.63) is 52.0 Å². The van der Waals surface area contributed by atoms with Crippen molar-refractivity contribution in [2.24, 2.45) is 7.05 Å². The van der Waals surface area contributed by atoms with Gasteiger partial charge in [-0.05, 0) is 48.1 Å². The molecule has 0 aliphatic heterocycles. The van der Waals surface area contributed by atoms with Gasteiger partial charge in [-0.15, -0.1) is 0 Å². The minimum atomic E-state index is 0.124. The molecule has 0 spiro atoms. The normalized spacial score (nSPS) is 13.0. The van der Waals surface area contributed by atoms with Gasteiger partial charge in [0.15, 0.2) is 0 Å². The van der Waals surface area contributed by atoms with E-state index in [1.807, 2.05) is 37.8 Å². The Kier molecular flexibility index (Phi) is 3.87. The lowest BCUT2D eigenvalue weighted by molar-refractivity contribution is 0.442. The minimum Gasteiger partial charge on any atom is -0.458 e. The van der Waals surface area contributed by atoms with Crippen LogP contribution in [-0.4, -0.2) is 16.8 Å². The molecule has 2 aromatic heterocycles. The van der Waals surface area contributed by atoms with E-state index < -0.39 is 0 Å². The number of aryl methyl sites for hydroxylation is 2. The van der Waals surface area contributed by atoms with Gasteiger partial charge in [0.05, 0.1) is 16.2 Å². The molecule has 1 aromatic carbocycles. The molecule has 4 nitrogen and oxygen atoms in total. The summed E-state index contributed by atoms with van der Waals surface area (Å²) in [6, 6.07) is 10.4. The summed E-state index contributed by atoms with van der Waals surface area (Å²) in [5.74, 6) is 0.943. The summed E-state index contributed by atoms with van der Waals surface area (Å²) >= 11 is 3.53. The van der Waals surface area contributed by atoms with E-state index in [0.717, 1.165) is 33.3 Å². The van der Waals surface area contributed by atoms with E-state index in [9.17, 15) is 0 Å². The Balaban J connectivity index is 1.94. The fourth-order valence-corrected chi connectivity index (χ4v) is 3.09. The second-order valence-electron chi connectivity index (χ2n) is 5.25. The molecule has 0 saturated heterocycles. The predicted molar refractivity (Wildman–Crippen MR) is 87.4 cm³/mol. The van der Waals surface area contributed by atoms with Crippen molar-refractivity contribution in [2.75, 3.05) is 7.05 Å². The zero-order valence-corrected chi connectivity index (χ0v) is 13.9. The van der Waals surface area contributed by atoms with Gasteiger partial charge >= 0.3 is 0 Å². The third-order valence-corrected chi connectivity index (χ3v) is 4.34. The highest BCUT2D eigenvalue weighted by Gasteiger charge is 2.18. The van der Waals surface area contributed by atoms with Crippen molar-refractivity contribution in [3.8, 4) is 0 Å². The third kappa shape index (κ3) is 2.76. The van der Waals surface area contributed by atoms with Gasteiger partial charge in [0.1, 0.15) is 11.3 Å². The topological polar surface area (TPSA) is 43.0 Å². The number of nitrogens with zero attached hydrogens (tertiary/aromatic N) is 2. The third-order valence-electron chi connectivity index (χ3n) is 3.72. The number of benzene rings is 1. The lowest BCUT2D eigenvalue weighted by Gasteiger charge is -2.13.